The fourth-order valence-electron chi connectivity index (χ4n) is 12.8. The molecule has 5 aliphatic carbocycles. The Morgan fingerprint density at radius 1 is 0.453 bits per heavy atom. The lowest BCUT2D eigenvalue weighted by molar-refractivity contribution is 0.144. The van der Waals surface area contributed by atoms with E-state index in [-0.39, 0.29) is 16.9 Å². The number of fused-ring (bicyclic) bond motifs is 17. The van der Waals surface area contributed by atoms with Crippen LogP contribution in [0.15, 0.2) is 193 Å². The molecule has 0 bridgehead atoms. The Labute approximate surface area is 374 Å². The topological polar surface area (TPSA) is 21.7 Å². The number of nitrogens with zero attached hydrogens (tertiary/aromatic N) is 1. The molecule has 8 aromatic carbocycles. The monoisotopic (exact) mass is 823 g/mol. The van der Waals surface area contributed by atoms with Crippen molar-refractivity contribution in [3.63, 3.8) is 0 Å². The first-order valence-electron chi connectivity index (χ1n) is 22.8. The van der Waals surface area contributed by atoms with Crippen molar-refractivity contribution in [2.24, 2.45) is 0 Å². The largest absolute Gasteiger partial charge is 0.478 e. The molecule has 0 aromatic heterocycles. The molecule has 1 aliphatic heterocycles. The van der Waals surface area contributed by atoms with E-state index in [1.165, 1.54) is 89.0 Å². The van der Waals surface area contributed by atoms with Gasteiger partial charge in [0.05, 0.1) is 11.1 Å². The number of hydrogen-bond donors (Lipinski definition) is 0. The van der Waals surface area contributed by atoms with E-state index >= 15 is 0 Å². The van der Waals surface area contributed by atoms with E-state index < -0.39 is 5.41 Å². The van der Waals surface area contributed by atoms with Gasteiger partial charge in [-0.25, -0.2) is 0 Å². The Bertz CT molecular complexity index is 3300. The minimum absolute atomic E-state index is 0.161. The molecule has 0 N–H and O–H groups in total. The van der Waals surface area contributed by atoms with Gasteiger partial charge in [-0.3, -0.25) is 0 Å². The highest BCUT2D eigenvalue weighted by atomic mass is 16.6. The van der Waals surface area contributed by atoms with E-state index in [2.05, 4.69) is 215 Å². The van der Waals surface area contributed by atoms with Crippen molar-refractivity contribution in [3.8, 4) is 44.9 Å². The number of hydrogen-bond acceptors (Lipinski definition) is 3. The SMILES string of the molecule is CC1(C)c2ccccc2-c2ccc(N(c3ccc4c(c3)C(C)(C)c3ccccc3-4)c3cccc4c3OC3=CC5=C(CC3O4)C3(c4ccccc45)c4ccccc4-c4ccccc43)cc21. The molecule has 64 heavy (non-hydrogen) atoms. The number of para-hydroxylation sites is 1. The predicted molar refractivity (Wildman–Crippen MR) is 259 cm³/mol. The van der Waals surface area contributed by atoms with Crippen molar-refractivity contribution in [2.75, 3.05) is 4.90 Å². The smallest absolute Gasteiger partial charge is 0.192 e. The maximum absolute atomic E-state index is 7.33. The molecule has 8 aromatic rings. The summed E-state index contributed by atoms with van der Waals surface area (Å²) in [7, 11) is 0. The average molecular weight is 824 g/mol. The zero-order valence-electron chi connectivity index (χ0n) is 36.4. The Hall–Kier alpha value is -7.36. The first-order valence-corrected chi connectivity index (χ1v) is 22.8. The molecule has 3 nitrogen and oxygen atoms in total. The summed E-state index contributed by atoms with van der Waals surface area (Å²) >= 11 is 0. The molecule has 1 heterocycles. The standard InChI is InChI=1S/C61H45NO2/c1-59(2)46-21-10-5-16-38(46)43-30-28-36(32-51(43)59)62(37-29-31-44-39-17-6-11-22-47(39)60(3,4)52(44)33-37)54-26-15-27-55-58(54)64-56-34-45-42-20-9-14-25-50(42)61(53(45)35-57(56)63-55)48-23-12-7-18-40(48)41-19-8-13-24-49(41)61/h5-34,57H,35H2,1-4H3. The van der Waals surface area contributed by atoms with Crippen LogP contribution in [0.3, 0.4) is 0 Å². The minimum Gasteiger partial charge on any atom is -0.478 e. The van der Waals surface area contributed by atoms with Crippen LogP contribution in [-0.2, 0) is 16.2 Å². The van der Waals surface area contributed by atoms with Crippen molar-refractivity contribution >= 4 is 22.6 Å². The summed E-state index contributed by atoms with van der Waals surface area (Å²) in [5.74, 6) is 2.34. The van der Waals surface area contributed by atoms with Crippen LogP contribution in [0.25, 0.3) is 39.0 Å². The second kappa shape index (κ2) is 12.4. The number of allylic oxidation sites excluding steroid dienone is 2. The molecule has 1 spiro atoms. The number of benzene rings is 8. The third-order valence-electron chi connectivity index (χ3n) is 15.7. The summed E-state index contributed by atoms with van der Waals surface area (Å²) in [6, 6.07) is 65.2. The number of ether oxygens (including phenoxy) is 2. The van der Waals surface area contributed by atoms with Crippen LogP contribution in [0.2, 0.25) is 0 Å². The Morgan fingerprint density at radius 2 is 0.906 bits per heavy atom. The van der Waals surface area contributed by atoms with Crippen LogP contribution in [0.1, 0.15) is 78.6 Å². The molecule has 6 aliphatic rings. The van der Waals surface area contributed by atoms with Crippen molar-refractivity contribution in [3.05, 3.63) is 238 Å². The zero-order valence-corrected chi connectivity index (χ0v) is 36.4. The molecule has 1 atom stereocenters. The highest BCUT2D eigenvalue weighted by molar-refractivity contribution is 5.98. The van der Waals surface area contributed by atoms with E-state index in [1.807, 2.05) is 0 Å². The highest BCUT2D eigenvalue weighted by Crippen LogP contribution is 2.65. The Balaban J connectivity index is 0.946. The Morgan fingerprint density at radius 3 is 1.45 bits per heavy atom. The van der Waals surface area contributed by atoms with Crippen molar-refractivity contribution < 1.29 is 9.47 Å². The van der Waals surface area contributed by atoms with Crippen LogP contribution < -0.4 is 14.4 Å². The van der Waals surface area contributed by atoms with E-state index in [9.17, 15) is 0 Å². The molecular formula is C61H45NO2. The molecule has 1 unspecified atom stereocenters. The maximum Gasteiger partial charge on any atom is 0.192 e. The molecule has 0 amide bonds. The van der Waals surface area contributed by atoms with E-state index in [1.54, 1.807) is 0 Å². The fourth-order valence-corrected chi connectivity index (χ4v) is 12.8. The maximum atomic E-state index is 7.33. The predicted octanol–water partition coefficient (Wildman–Crippen LogP) is 15.0. The van der Waals surface area contributed by atoms with Gasteiger partial charge in [0.15, 0.2) is 17.6 Å². The van der Waals surface area contributed by atoms with E-state index in [4.69, 9.17) is 9.47 Å². The van der Waals surface area contributed by atoms with Crippen LogP contribution in [-0.4, -0.2) is 6.10 Å². The summed E-state index contributed by atoms with van der Waals surface area (Å²) in [6.45, 7) is 9.42. The van der Waals surface area contributed by atoms with E-state index in [0.717, 1.165) is 34.3 Å². The Kier molecular flexibility index (Phi) is 7.02. The van der Waals surface area contributed by atoms with Crippen LogP contribution in [0, 0.1) is 0 Å². The third-order valence-corrected chi connectivity index (χ3v) is 15.7. The highest BCUT2D eigenvalue weighted by Gasteiger charge is 2.55. The molecule has 0 fully saturated rings. The zero-order chi connectivity index (χ0) is 42.7. The van der Waals surface area contributed by atoms with Gasteiger partial charge in [-0.15, -0.1) is 0 Å². The normalized spacial score (nSPS) is 18.4. The molecule has 14 rings (SSSR count). The van der Waals surface area contributed by atoms with Crippen molar-refractivity contribution in [1.29, 1.82) is 0 Å². The lowest BCUT2D eigenvalue weighted by Gasteiger charge is -2.38. The fraction of sp³-hybridized carbons (Fsp3) is 0.148. The summed E-state index contributed by atoms with van der Waals surface area (Å²) in [4.78, 5) is 2.40. The molecular weight excluding hydrogens is 779 g/mol. The van der Waals surface area contributed by atoms with Crippen LogP contribution in [0.5, 0.6) is 11.5 Å². The second-order valence-electron chi connectivity index (χ2n) is 19.5. The lowest BCUT2D eigenvalue weighted by atomic mass is 9.68. The quantitative estimate of drug-likeness (QED) is 0.177. The van der Waals surface area contributed by atoms with Crippen LogP contribution in [0.4, 0.5) is 17.1 Å². The first-order chi connectivity index (χ1) is 31.2. The molecule has 306 valence electrons. The van der Waals surface area contributed by atoms with Crippen molar-refractivity contribution in [1.82, 2.24) is 0 Å². The van der Waals surface area contributed by atoms with Gasteiger partial charge in [0.1, 0.15) is 5.76 Å². The molecule has 0 radical (unpaired) electrons. The third kappa shape index (κ3) is 4.47. The summed E-state index contributed by atoms with van der Waals surface area (Å²) < 4.78 is 14.6. The van der Waals surface area contributed by atoms with Gasteiger partial charge in [0.2, 0.25) is 0 Å². The van der Waals surface area contributed by atoms with Gasteiger partial charge in [-0.2, -0.15) is 0 Å². The van der Waals surface area contributed by atoms with Gasteiger partial charge in [-0.1, -0.05) is 167 Å². The minimum atomic E-state index is -0.397. The van der Waals surface area contributed by atoms with Gasteiger partial charge in [-0.05, 0) is 132 Å². The first kappa shape index (κ1) is 36.2. The molecule has 3 heteroatoms. The van der Waals surface area contributed by atoms with Gasteiger partial charge in [0, 0.05) is 28.6 Å². The van der Waals surface area contributed by atoms with Gasteiger partial charge < -0.3 is 14.4 Å². The molecule has 0 saturated heterocycles. The second-order valence-corrected chi connectivity index (χ2v) is 19.5. The molecule has 0 saturated carbocycles. The number of rotatable bonds is 3. The average Bonchev–Trinajstić information content (AvgIpc) is 3.95. The summed E-state index contributed by atoms with van der Waals surface area (Å²) in [5.41, 5.74) is 23.5. The summed E-state index contributed by atoms with van der Waals surface area (Å²) in [6.07, 6.45) is 2.74. The summed E-state index contributed by atoms with van der Waals surface area (Å²) in [5, 5.41) is 0. The number of anilines is 3. The van der Waals surface area contributed by atoms with E-state index in [0.29, 0.717) is 6.42 Å². The van der Waals surface area contributed by atoms with Gasteiger partial charge in [0.25, 0.3) is 0 Å². The lowest BCUT2D eigenvalue weighted by Crippen LogP contribution is -2.35. The van der Waals surface area contributed by atoms with Crippen molar-refractivity contribution in [2.45, 2.75) is 56.5 Å². The van der Waals surface area contributed by atoms with Crippen LogP contribution >= 0.6 is 0 Å². The van der Waals surface area contributed by atoms with Gasteiger partial charge >= 0.3 is 0 Å².